The molecule has 0 radical (unpaired) electrons. The minimum atomic E-state index is 0.304. The van der Waals surface area contributed by atoms with Gasteiger partial charge in [-0.3, -0.25) is 4.90 Å². The third-order valence-corrected chi connectivity index (χ3v) is 5.05. The summed E-state index contributed by atoms with van der Waals surface area (Å²) in [6.45, 7) is 7.76. The van der Waals surface area contributed by atoms with Gasteiger partial charge in [0, 0.05) is 29.6 Å². The summed E-state index contributed by atoms with van der Waals surface area (Å²) in [5, 5.41) is 0. The Kier molecular flexibility index (Phi) is 2.69. The van der Waals surface area contributed by atoms with Crippen molar-refractivity contribution >= 4 is 15.9 Å². The average Bonchev–Trinajstić information content (AvgIpc) is 2.62. The monoisotopic (exact) mass is 247 g/mol. The maximum absolute atomic E-state index is 5.44. The molecule has 0 aliphatic carbocycles. The number of nitrogens with zero attached hydrogens (tertiary/aromatic N) is 1. The molecule has 13 heavy (non-hydrogen) atoms. The van der Waals surface area contributed by atoms with Crippen LogP contribution in [0, 0.1) is 0 Å². The minimum absolute atomic E-state index is 0.304. The Balaban J connectivity index is 2.06. The Bertz CT molecular complexity index is 189. The second kappa shape index (κ2) is 3.52. The lowest BCUT2D eigenvalue weighted by Crippen LogP contribution is -2.48. The molecule has 0 N–H and O–H groups in total. The number of hydrogen-bond acceptors (Lipinski definition) is 2. The number of alkyl halides is 1. The fourth-order valence-electron chi connectivity index (χ4n) is 2.49. The number of likely N-dealkylation sites (tertiary alicyclic amines) is 1. The zero-order valence-electron chi connectivity index (χ0n) is 8.42. The van der Waals surface area contributed by atoms with Crippen molar-refractivity contribution in [3.05, 3.63) is 0 Å². The first-order valence-electron chi connectivity index (χ1n) is 5.11. The molecule has 2 saturated heterocycles. The molecule has 3 heteroatoms. The SMILES string of the molecule is CC1(C)C(Br)CCN1C1CCOC1. The van der Waals surface area contributed by atoms with Crippen LogP contribution in [-0.4, -0.2) is 41.1 Å². The van der Waals surface area contributed by atoms with E-state index in [0.717, 1.165) is 13.2 Å². The minimum Gasteiger partial charge on any atom is -0.380 e. The van der Waals surface area contributed by atoms with E-state index in [0.29, 0.717) is 16.4 Å². The lowest BCUT2D eigenvalue weighted by molar-refractivity contribution is 0.0983. The van der Waals surface area contributed by atoms with Gasteiger partial charge in [-0.1, -0.05) is 15.9 Å². The summed E-state index contributed by atoms with van der Waals surface area (Å²) >= 11 is 3.76. The molecule has 2 aliphatic heterocycles. The summed E-state index contributed by atoms with van der Waals surface area (Å²) in [4.78, 5) is 3.25. The van der Waals surface area contributed by atoms with E-state index in [2.05, 4.69) is 34.7 Å². The molecule has 2 atom stereocenters. The predicted molar refractivity (Wildman–Crippen MR) is 57.3 cm³/mol. The van der Waals surface area contributed by atoms with Crippen LogP contribution in [0.25, 0.3) is 0 Å². The second-order valence-electron chi connectivity index (χ2n) is 4.62. The Morgan fingerprint density at radius 1 is 1.38 bits per heavy atom. The molecule has 0 bridgehead atoms. The Morgan fingerprint density at radius 2 is 2.15 bits per heavy atom. The van der Waals surface area contributed by atoms with Crippen LogP contribution in [-0.2, 0) is 4.74 Å². The van der Waals surface area contributed by atoms with Crippen molar-refractivity contribution in [2.24, 2.45) is 0 Å². The van der Waals surface area contributed by atoms with Crippen LogP contribution in [0.15, 0.2) is 0 Å². The largest absolute Gasteiger partial charge is 0.380 e. The number of ether oxygens (including phenoxy) is 1. The van der Waals surface area contributed by atoms with Gasteiger partial charge in [0.05, 0.1) is 6.61 Å². The lowest BCUT2D eigenvalue weighted by Gasteiger charge is -2.37. The summed E-state index contributed by atoms with van der Waals surface area (Å²) in [5.74, 6) is 0. The Hall–Kier alpha value is 0.400. The van der Waals surface area contributed by atoms with Crippen molar-refractivity contribution in [2.75, 3.05) is 19.8 Å². The first-order chi connectivity index (χ1) is 6.12. The van der Waals surface area contributed by atoms with Gasteiger partial charge in [0.15, 0.2) is 0 Å². The van der Waals surface area contributed by atoms with Gasteiger partial charge >= 0.3 is 0 Å². The predicted octanol–water partition coefficient (Wildman–Crippen LogP) is 2.02. The standard InChI is InChI=1S/C10H18BrNO/c1-10(2)9(11)3-5-12(10)8-4-6-13-7-8/h8-9H,3-7H2,1-2H3. The molecule has 0 aromatic carbocycles. The van der Waals surface area contributed by atoms with E-state index in [1.807, 2.05) is 0 Å². The van der Waals surface area contributed by atoms with Crippen LogP contribution < -0.4 is 0 Å². The fraction of sp³-hybridized carbons (Fsp3) is 1.00. The van der Waals surface area contributed by atoms with Crippen molar-refractivity contribution in [3.8, 4) is 0 Å². The van der Waals surface area contributed by atoms with Crippen LogP contribution >= 0.6 is 15.9 Å². The second-order valence-corrected chi connectivity index (χ2v) is 5.73. The fourth-order valence-corrected chi connectivity index (χ4v) is 2.96. The lowest BCUT2D eigenvalue weighted by atomic mass is 10.00. The quantitative estimate of drug-likeness (QED) is 0.658. The third kappa shape index (κ3) is 1.66. The van der Waals surface area contributed by atoms with Crippen LogP contribution in [0.1, 0.15) is 26.7 Å². The summed E-state index contributed by atoms with van der Waals surface area (Å²) < 4.78 is 5.44. The van der Waals surface area contributed by atoms with E-state index in [1.54, 1.807) is 0 Å². The van der Waals surface area contributed by atoms with Crippen LogP contribution in [0.2, 0.25) is 0 Å². The van der Waals surface area contributed by atoms with E-state index in [1.165, 1.54) is 19.4 Å². The van der Waals surface area contributed by atoms with Gasteiger partial charge < -0.3 is 4.74 Å². The third-order valence-electron chi connectivity index (χ3n) is 3.48. The Morgan fingerprint density at radius 3 is 2.62 bits per heavy atom. The summed E-state index contributed by atoms with van der Waals surface area (Å²) in [6, 6.07) is 0.664. The topological polar surface area (TPSA) is 12.5 Å². The first kappa shape index (κ1) is 9.94. The highest BCUT2D eigenvalue weighted by molar-refractivity contribution is 9.09. The van der Waals surface area contributed by atoms with E-state index in [-0.39, 0.29) is 0 Å². The molecule has 0 aromatic heterocycles. The maximum atomic E-state index is 5.44. The van der Waals surface area contributed by atoms with Gasteiger partial charge in [-0.15, -0.1) is 0 Å². The highest BCUT2D eigenvalue weighted by Crippen LogP contribution is 2.37. The molecule has 0 spiro atoms. The van der Waals surface area contributed by atoms with Crippen molar-refractivity contribution in [1.82, 2.24) is 4.90 Å². The van der Waals surface area contributed by atoms with Crippen molar-refractivity contribution < 1.29 is 4.74 Å². The van der Waals surface area contributed by atoms with Gasteiger partial charge in [0.2, 0.25) is 0 Å². The van der Waals surface area contributed by atoms with Gasteiger partial charge in [-0.05, 0) is 26.7 Å². The molecule has 2 heterocycles. The summed E-state index contributed by atoms with van der Waals surface area (Å²) in [6.07, 6.45) is 2.48. The van der Waals surface area contributed by atoms with Crippen molar-refractivity contribution in [1.29, 1.82) is 0 Å². The zero-order chi connectivity index (χ0) is 9.47. The van der Waals surface area contributed by atoms with Crippen molar-refractivity contribution in [2.45, 2.75) is 43.1 Å². The zero-order valence-corrected chi connectivity index (χ0v) is 10.0. The molecule has 2 nitrogen and oxygen atoms in total. The molecule has 76 valence electrons. The number of halogens is 1. The highest BCUT2D eigenvalue weighted by atomic mass is 79.9. The van der Waals surface area contributed by atoms with Gasteiger partial charge in [-0.2, -0.15) is 0 Å². The smallest absolute Gasteiger partial charge is 0.0622 e. The molecule has 0 aromatic rings. The number of hydrogen-bond donors (Lipinski definition) is 0. The highest BCUT2D eigenvalue weighted by Gasteiger charge is 2.43. The molecule has 2 unspecified atom stereocenters. The van der Waals surface area contributed by atoms with E-state index >= 15 is 0 Å². The summed E-state index contributed by atoms with van der Waals surface area (Å²) in [5.41, 5.74) is 0.304. The number of rotatable bonds is 1. The van der Waals surface area contributed by atoms with Crippen LogP contribution in [0.4, 0.5) is 0 Å². The van der Waals surface area contributed by atoms with Gasteiger partial charge in [0.25, 0.3) is 0 Å². The molecule has 2 aliphatic rings. The van der Waals surface area contributed by atoms with E-state index in [4.69, 9.17) is 4.74 Å². The molecule has 0 amide bonds. The van der Waals surface area contributed by atoms with Crippen molar-refractivity contribution in [3.63, 3.8) is 0 Å². The van der Waals surface area contributed by atoms with E-state index in [9.17, 15) is 0 Å². The molecule has 2 rings (SSSR count). The van der Waals surface area contributed by atoms with E-state index < -0.39 is 0 Å². The summed E-state index contributed by atoms with van der Waals surface area (Å²) in [7, 11) is 0. The molecule has 0 saturated carbocycles. The molecular weight excluding hydrogens is 230 g/mol. The first-order valence-corrected chi connectivity index (χ1v) is 6.02. The van der Waals surface area contributed by atoms with Gasteiger partial charge in [-0.25, -0.2) is 0 Å². The molecular formula is C10H18BrNO. The Labute approximate surface area is 88.8 Å². The average molecular weight is 248 g/mol. The van der Waals surface area contributed by atoms with Crippen LogP contribution in [0.3, 0.4) is 0 Å². The maximum Gasteiger partial charge on any atom is 0.0622 e. The molecule has 2 fully saturated rings. The van der Waals surface area contributed by atoms with Gasteiger partial charge in [0.1, 0.15) is 0 Å². The van der Waals surface area contributed by atoms with Crippen LogP contribution in [0.5, 0.6) is 0 Å². The normalized spacial score (nSPS) is 39.9.